The van der Waals surface area contributed by atoms with E-state index in [1.54, 1.807) is 19.2 Å². The molecule has 1 aromatic carbocycles. The van der Waals surface area contributed by atoms with Crippen molar-refractivity contribution in [2.24, 2.45) is 5.92 Å². The van der Waals surface area contributed by atoms with Gasteiger partial charge in [-0.2, -0.15) is 13.2 Å². The smallest absolute Gasteiger partial charge is 0.416 e. The van der Waals surface area contributed by atoms with E-state index >= 15 is 0 Å². The number of carboxylic acids is 1. The largest absolute Gasteiger partial charge is 0.480 e. The molecule has 0 bridgehead atoms. The van der Waals surface area contributed by atoms with Gasteiger partial charge in [0, 0.05) is 17.5 Å². The van der Waals surface area contributed by atoms with Crippen LogP contribution in [0.5, 0.6) is 0 Å². The summed E-state index contributed by atoms with van der Waals surface area (Å²) in [5.41, 5.74) is 0.547. The quantitative estimate of drug-likeness (QED) is 0.818. The zero-order valence-corrected chi connectivity index (χ0v) is 13.9. The molecule has 2 rings (SSSR count). The molecular formula is C16H17F3N2O2S. The molecule has 0 saturated heterocycles. The van der Waals surface area contributed by atoms with Crippen LogP contribution in [-0.4, -0.2) is 22.1 Å². The van der Waals surface area contributed by atoms with Crippen molar-refractivity contribution < 1.29 is 23.1 Å². The molecule has 0 aliphatic carbocycles. The molecule has 0 radical (unpaired) electrons. The van der Waals surface area contributed by atoms with Crippen molar-refractivity contribution >= 4 is 17.3 Å². The highest BCUT2D eigenvalue weighted by Gasteiger charge is 2.30. The number of aliphatic carboxylic acids is 1. The third-order valence-corrected chi connectivity index (χ3v) is 4.39. The first-order valence-electron chi connectivity index (χ1n) is 7.26. The Kier molecular flexibility index (Phi) is 5.61. The van der Waals surface area contributed by atoms with Crippen molar-refractivity contribution in [2.45, 2.75) is 32.6 Å². The number of carbonyl (C=O) groups is 1. The lowest BCUT2D eigenvalue weighted by molar-refractivity contribution is -0.140. The van der Waals surface area contributed by atoms with Gasteiger partial charge in [-0.25, -0.2) is 4.98 Å². The van der Waals surface area contributed by atoms with Crippen LogP contribution in [0, 0.1) is 5.92 Å². The number of hydrogen-bond donors (Lipinski definition) is 2. The monoisotopic (exact) mass is 358 g/mol. The van der Waals surface area contributed by atoms with Gasteiger partial charge < -0.3 is 5.11 Å². The molecule has 130 valence electrons. The number of nitrogens with one attached hydrogen (secondary N) is 1. The van der Waals surface area contributed by atoms with Crippen molar-refractivity contribution in [1.82, 2.24) is 10.3 Å². The molecule has 2 aromatic rings. The van der Waals surface area contributed by atoms with Crippen molar-refractivity contribution in [3.8, 4) is 10.6 Å². The fourth-order valence-electron chi connectivity index (χ4n) is 2.15. The average molecular weight is 358 g/mol. The van der Waals surface area contributed by atoms with E-state index in [9.17, 15) is 18.0 Å². The highest BCUT2D eigenvalue weighted by molar-refractivity contribution is 7.13. The van der Waals surface area contributed by atoms with Crippen molar-refractivity contribution in [3.63, 3.8) is 0 Å². The summed E-state index contributed by atoms with van der Waals surface area (Å²) in [5.74, 6) is -1.00. The van der Waals surface area contributed by atoms with Gasteiger partial charge in [-0.05, 0) is 18.1 Å². The molecule has 0 aliphatic rings. The predicted octanol–water partition coefficient (Wildman–Crippen LogP) is 4.03. The standard InChI is InChI=1S/C16H17F3N2O2S/c1-9(2)13(15(22)23)20-7-12-8-24-14(21-12)10-3-5-11(6-4-10)16(17,18)19/h3-6,8-9,13,20H,7H2,1-2H3,(H,22,23)/t13-/m1/s1. The van der Waals surface area contributed by atoms with E-state index < -0.39 is 23.8 Å². The minimum absolute atomic E-state index is 0.0736. The maximum Gasteiger partial charge on any atom is 0.416 e. The first kappa shape index (κ1) is 18.4. The van der Waals surface area contributed by atoms with Crippen LogP contribution in [0.15, 0.2) is 29.6 Å². The lowest BCUT2D eigenvalue weighted by Crippen LogP contribution is -2.40. The Balaban J connectivity index is 2.06. The van der Waals surface area contributed by atoms with E-state index in [4.69, 9.17) is 5.11 Å². The number of alkyl halides is 3. The van der Waals surface area contributed by atoms with Gasteiger partial charge in [-0.15, -0.1) is 11.3 Å². The molecule has 0 spiro atoms. The maximum absolute atomic E-state index is 12.6. The molecular weight excluding hydrogens is 341 g/mol. The Morgan fingerprint density at radius 1 is 1.29 bits per heavy atom. The highest BCUT2D eigenvalue weighted by Crippen LogP contribution is 2.31. The van der Waals surface area contributed by atoms with E-state index in [1.807, 2.05) is 0 Å². The molecule has 0 fully saturated rings. The van der Waals surface area contributed by atoms with Crippen molar-refractivity contribution in [3.05, 3.63) is 40.9 Å². The molecule has 1 atom stereocenters. The number of rotatable bonds is 6. The summed E-state index contributed by atoms with van der Waals surface area (Å²) in [6.45, 7) is 3.90. The SMILES string of the molecule is CC(C)[C@@H](NCc1csc(-c2ccc(C(F)(F)F)cc2)n1)C(=O)O. The Morgan fingerprint density at radius 2 is 1.92 bits per heavy atom. The first-order chi connectivity index (χ1) is 11.2. The van der Waals surface area contributed by atoms with E-state index in [0.717, 1.165) is 12.1 Å². The molecule has 0 saturated carbocycles. The molecule has 0 aliphatic heterocycles. The lowest BCUT2D eigenvalue weighted by atomic mass is 10.1. The summed E-state index contributed by atoms with van der Waals surface area (Å²) >= 11 is 1.30. The van der Waals surface area contributed by atoms with Crippen LogP contribution in [0.3, 0.4) is 0 Å². The van der Waals surface area contributed by atoms with Crippen LogP contribution in [0.25, 0.3) is 10.6 Å². The molecule has 0 unspecified atom stereocenters. The minimum Gasteiger partial charge on any atom is -0.480 e. The summed E-state index contributed by atoms with van der Waals surface area (Å²) in [6.07, 6.45) is -4.36. The second-order valence-electron chi connectivity index (χ2n) is 5.66. The summed E-state index contributed by atoms with van der Waals surface area (Å²) in [7, 11) is 0. The topological polar surface area (TPSA) is 62.2 Å². The number of thiazole rings is 1. The summed E-state index contributed by atoms with van der Waals surface area (Å²) in [6, 6.07) is 4.13. The molecule has 8 heteroatoms. The molecule has 0 amide bonds. The van der Waals surface area contributed by atoms with Gasteiger partial charge in [0.2, 0.25) is 0 Å². The highest BCUT2D eigenvalue weighted by atomic mass is 32.1. The summed E-state index contributed by atoms with van der Waals surface area (Å²) < 4.78 is 37.7. The van der Waals surface area contributed by atoms with Gasteiger partial charge in [-0.1, -0.05) is 26.0 Å². The molecule has 1 aromatic heterocycles. The zero-order valence-electron chi connectivity index (χ0n) is 13.1. The maximum atomic E-state index is 12.6. The fourth-order valence-corrected chi connectivity index (χ4v) is 2.97. The number of carboxylic acid groups (broad SMARTS) is 1. The predicted molar refractivity (Wildman–Crippen MR) is 85.7 cm³/mol. The summed E-state index contributed by atoms with van der Waals surface area (Å²) in [5, 5.41) is 14.4. The second-order valence-corrected chi connectivity index (χ2v) is 6.52. The number of halogens is 3. The molecule has 1 heterocycles. The second kappa shape index (κ2) is 7.31. The van der Waals surface area contributed by atoms with Crippen LogP contribution < -0.4 is 5.32 Å². The molecule has 2 N–H and O–H groups in total. The summed E-state index contributed by atoms with van der Waals surface area (Å²) in [4.78, 5) is 15.5. The van der Waals surface area contributed by atoms with Gasteiger partial charge in [0.15, 0.2) is 0 Å². The van der Waals surface area contributed by atoms with Crippen molar-refractivity contribution in [1.29, 1.82) is 0 Å². The minimum atomic E-state index is -4.36. The average Bonchev–Trinajstić information content (AvgIpc) is 2.95. The van der Waals surface area contributed by atoms with Crippen LogP contribution in [0.4, 0.5) is 13.2 Å². The van der Waals surface area contributed by atoms with Crippen LogP contribution in [0.2, 0.25) is 0 Å². The van der Waals surface area contributed by atoms with E-state index in [0.29, 0.717) is 16.3 Å². The third-order valence-electron chi connectivity index (χ3n) is 3.45. The van der Waals surface area contributed by atoms with E-state index in [1.165, 1.54) is 23.5 Å². The fraction of sp³-hybridized carbons (Fsp3) is 0.375. The van der Waals surface area contributed by atoms with Crippen molar-refractivity contribution in [2.75, 3.05) is 0 Å². The van der Waals surface area contributed by atoms with Gasteiger partial charge in [0.1, 0.15) is 11.0 Å². The Bertz CT molecular complexity index is 696. The van der Waals surface area contributed by atoms with Crippen LogP contribution in [-0.2, 0) is 17.5 Å². The third kappa shape index (κ3) is 4.55. The van der Waals surface area contributed by atoms with Gasteiger partial charge in [-0.3, -0.25) is 10.1 Å². The number of hydrogen-bond acceptors (Lipinski definition) is 4. The first-order valence-corrected chi connectivity index (χ1v) is 8.14. The van der Waals surface area contributed by atoms with E-state index in [2.05, 4.69) is 10.3 Å². The zero-order chi connectivity index (χ0) is 17.9. The number of nitrogens with zero attached hydrogens (tertiary/aromatic N) is 1. The Labute approximate surface area is 141 Å². The van der Waals surface area contributed by atoms with Crippen LogP contribution >= 0.6 is 11.3 Å². The Hall–Kier alpha value is -1.93. The van der Waals surface area contributed by atoms with Crippen LogP contribution in [0.1, 0.15) is 25.1 Å². The Morgan fingerprint density at radius 3 is 2.42 bits per heavy atom. The van der Waals surface area contributed by atoms with Gasteiger partial charge >= 0.3 is 12.1 Å². The normalized spacial score (nSPS) is 13.2. The van der Waals surface area contributed by atoms with E-state index in [-0.39, 0.29) is 12.5 Å². The number of benzene rings is 1. The lowest BCUT2D eigenvalue weighted by Gasteiger charge is -2.16. The van der Waals surface area contributed by atoms with Gasteiger partial charge in [0.05, 0.1) is 11.3 Å². The number of aromatic nitrogens is 1. The molecule has 24 heavy (non-hydrogen) atoms. The molecule has 4 nitrogen and oxygen atoms in total. The van der Waals surface area contributed by atoms with Gasteiger partial charge in [0.25, 0.3) is 0 Å².